The highest BCUT2D eigenvalue weighted by Gasteiger charge is 2.01. The average Bonchev–Trinajstić information content (AvgIpc) is 1.86. The fourth-order valence-electron chi connectivity index (χ4n) is 0.635. The average molecular weight is 190 g/mol. The maximum Gasteiger partial charge on any atom is 0.0775 e. The second-order valence-corrected chi connectivity index (χ2v) is 5.39. The molecule has 1 aromatic heterocycles. The molecule has 0 saturated carbocycles. The molecular formula is C7H8ClNOS. The third-order valence-corrected chi connectivity index (χ3v) is 2.72. The van der Waals surface area contributed by atoms with Gasteiger partial charge in [0.1, 0.15) is 0 Å². The van der Waals surface area contributed by atoms with Crippen LogP contribution in [-0.4, -0.2) is 15.1 Å². The van der Waals surface area contributed by atoms with Crippen molar-refractivity contribution in [1.82, 2.24) is 4.98 Å². The van der Waals surface area contributed by atoms with E-state index < -0.39 is 8.74 Å². The molecule has 0 N–H and O–H groups in total. The van der Waals surface area contributed by atoms with Crippen molar-refractivity contribution >= 4 is 25.3 Å². The van der Waals surface area contributed by atoms with Gasteiger partial charge in [-0.3, -0.25) is 4.98 Å². The number of halogens is 1. The number of nitrogens with zero attached hydrogens (tertiary/aromatic N) is 1. The van der Waals surface area contributed by atoms with Gasteiger partial charge in [0.25, 0.3) is 0 Å². The van der Waals surface area contributed by atoms with Crippen LogP contribution in [0.2, 0.25) is 0 Å². The molecule has 0 fully saturated rings. The van der Waals surface area contributed by atoms with E-state index in [0.717, 1.165) is 5.69 Å². The maximum absolute atomic E-state index is 11.1. The molecule has 0 aliphatic rings. The molecule has 1 rings (SSSR count). The van der Waals surface area contributed by atoms with E-state index in [1.807, 2.05) is 6.92 Å². The van der Waals surface area contributed by atoms with Gasteiger partial charge in [0.2, 0.25) is 0 Å². The molecule has 0 aromatic carbocycles. The van der Waals surface area contributed by atoms with Gasteiger partial charge >= 0.3 is 0 Å². The van der Waals surface area contributed by atoms with Crippen molar-refractivity contribution in [2.45, 2.75) is 11.8 Å². The van der Waals surface area contributed by atoms with Crippen molar-refractivity contribution in [3.63, 3.8) is 0 Å². The molecular weight excluding hydrogens is 182 g/mol. The van der Waals surface area contributed by atoms with Gasteiger partial charge in [-0.15, -0.1) is 0 Å². The van der Waals surface area contributed by atoms with Crippen LogP contribution in [-0.2, 0) is 8.74 Å². The predicted molar refractivity (Wildman–Crippen MR) is 48.4 cm³/mol. The van der Waals surface area contributed by atoms with E-state index in [4.69, 9.17) is 10.7 Å². The molecule has 0 saturated heterocycles. The lowest BCUT2D eigenvalue weighted by molar-refractivity contribution is 0.689. The summed E-state index contributed by atoms with van der Waals surface area (Å²) in [5, 5.41) is 0. The smallest absolute Gasteiger partial charge is 0.0775 e. The van der Waals surface area contributed by atoms with Gasteiger partial charge in [-0.05, 0) is 35.6 Å². The van der Waals surface area contributed by atoms with E-state index in [-0.39, 0.29) is 0 Å². The van der Waals surface area contributed by atoms with E-state index in [1.165, 1.54) is 6.20 Å². The summed E-state index contributed by atoms with van der Waals surface area (Å²) in [6.45, 7) is 1.85. The summed E-state index contributed by atoms with van der Waals surface area (Å²) in [7, 11) is 2.88. The van der Waals surface area contributed by atoms with Crippen molar-refractivity contribution < 1.29 is 4.21 Å². The largest absolute Gasteiger partial charge is 0.260 e. The van der Waals surface area contributed by atoms with Gasteiger partial charge in [0.05, 0.1) is 13.6 Å². The number of aromatic nitrogens is 1. The first-order valence-corrected chi connectivity index (χ1v) is 5.55. The Morgan fingerprint density at radius 1 is 1.64 bits per heavy atom. The minimum absolute atomic E-state index is 0.477. The summed E-state index contributed by atoms with van der Waals surface area (Å²) >= 11 is 0. The van der Waals surface area contributed by atoms with Crippen molar-refractivity contribution in [3.8, 4) is 0 Å². The monoisotopic (exact) mass is 189 g/mol. The lowest BCUT2D eigenvalue weighted by Crippen LogP contribution is -1.91. The second kappa shape index (κ2) is 2.83. The van der Waals surface area contributed by atoms with Crippen molar-refractivity contribution in [3.05, 3.63) is 24.0 Å². The maximum atomic E-state index is 11.1. The highest BCUT2D eigenvalue weighted by molar-refractivity contribution is 8.21. The molecule has 0 aliphatic carbocycles. The standard InChI is InChI=1S/C7H8ClNOS/c1-6-3-4-7(5-9-6)11(2,8)10/h3-5H,2H2,1H3. The first kappa shape index (κ1) is 8.56. The minimum atomic E-state index is -2.61. The summed E-state index contributed by atoms with van der Waals surface area (Å²) in [5.41, 5.74) is 0.870. The highest BCUT2D eigenvalue weighted by atomic mass is 35.7. The molecule has 0 aliphatic heterocycles. The molecule has 1 heterocycles. The fraction of sp³-hybridized carbons (Fsp3) is 0.143. The lowest BCUT2D eigenvalue weighted by atomic mass is 10.4. The first-order valence-electron chi connectivity index (χ1n) is 2.99. The van der Waals surface area contributed by atoms with Crippen molar-refractivity contribution in [2.24, 2.45) is 0 Å². The van der Waals surface area contributed by atoms with Gasteiger partial charge in [0.15, 0.2) is 0 Å². The molecule has 4 heteroatoms. The summed E-state index contributed by atoms with van der Waals surface area (Å²) in [6.07, 6.45) is 1.48. The zero-order valence-electron chi connectivity index (χ0n) is 6.08. The van der Waals surface area contributed by atoms with Crippen molar-refractivity contribution in [1.29, 1.82) is 0 Å². The van der Waals surface area contributed by atoms with E-state index in [1.54, 1.807) is 12.1 Å². The Bertz CT molecular complexity index is 341. The Morgan fingerprint density at radius 3 is 2.64 bits per heavy atom. The molecule has 1 atom stereocenters. The SMILES string of the molecule is C=S(=O)(Cl)c1ccc(C)nc1. The highest BCUT2D eigenvalue weighted by Crippen LogP contribution is 2.12. The van der Waals surface area contributed by atoms with Crippen LogP contribution in [0.4, 0.5) is 0 Å². The fourth-order valence-corrected chi connectivity index (χ4v) is 1.39. The van der Waals surface area contributed by atoms with Crippen molar-refractivity contribution in [2.75, 3.05) is 0 Å². The zero-order chi connectivity index (χ0) is 8.48. The lowest BCUT2D eigenvalue weighted by Gasteiger charge is -1.98. The second-order valence-electron chi connectivity index (χ2n) is 2.23. The van der Waals surface area contributed by atoms with Crippen LogP contribution in [0.3, 0.4) is 0 Å². The molecule has 0 spiro atoms. The summed E-state index contributed by atoms with van der Waals surface area (Å²) in [5.74, 6) is 3.32. The first-order chi connectivity index (χ1) is 5.00. The number of pyridine rings is 1. The number of hydrogen-bond acceptors (Lipinski definition) is 2. The molecule has 60 valence electrons. The molecule has 0 bridgehead atoms. The Labute approximate surface area is 70.7 Å². The van der Waals surface area contributed by atoms with Gasteiger partial charge in [-0.2, -0.15) is 0 Å². The zero-order valence-corrected chi connectivity index (χ0v) is 7.65. The van der Waals surface area contributed by atoms with Crippen LogP contribution in [0.15, 0.2) is 23.2 Å². The van der Waals surface area contributed by atoms with E-state index in [0.29, 0.717) is 4.90 Å². The molecule has 0 radical (unpaired) electrons. The number of aryl methyl sites for hydroxylation is 1. The van der Waals surface area contributed by atoms with Gasteiger partial charge in [-0.25, -0.2) is 4.21 Å². The van der Waals surface area contributed by atoms with Crippen LogP contribution >= 0.6 is 10.7 Å². The summed E-state index contributed by atoms with van der Waals surface area (Å²) in [6, 6.07) is 3.42. The quantitative estimate of drug-likeness (QED) is 0.497. The molecule has 1 aromatic rings. The Hall–Kier alpha value is -0.540. The third-order valence-electron chi connectivity index (χ3n) is 1.24. The van der Waals surface area contributed by atoms with Gasteiger partial charge in [0, 0.05) is 11.9 Å². The van der Waals surface area contributed by atoms with Crippen LogP contribution in [0.5, 0.6) is 0 Å². The summed E-state index contributed by atoms with van der Waals surface area (Å²) < 4.78 is 11.1. The van der Waals surface area contributed by atoms with Crippen LogP contribution in [0, 0.1) is 6.92 Å². The molecule has 0 amide bonds. The van der Waals surface area contributed by atoms with Crippen LogP contribution in [0.1, 0.15) is 5.69 Å². The van der Waals surface area contributed by atoms with E-state index >= 15 is 0 Å². The Balaban J connectivity index is 3.20. The van der Waals surface area contributed by atoms with E-state index in [9.17, 15) is 4.21 Å². The Morgan fingerprint density at radius 2 is 2.27 bits per heavy atom. The number of rotatable bonds is 1. The van der Waals surface area contributed by atoms with Crippen LogP contribution in [0.25, 0.3) is 0 Å². The molecule has 2 nitrogen and oxygen atoms in total. The topological polar surface area (TPSA) is 30.0 Å². The third kappa shape index (κ3) is 2.20. The van der Waals surface area contributed by atoms with Crippen LogP contribution < -0.4 is 0 Å². The van der Waals surface area contributed by atoms with Gasteiger partial charge in [-0.1, -0.05) is 0 Å². The normalized spacial score (nSPS) is 15.8. The molecule has 1 unspecified atom stereocenters. The minimum Gasteiger partial charge on any atom is -0.260 e. The van der Waals surface area contributed by atoms with Gasteiger partial charge < -0.3 is 0 Å². The molecule has 11 heavy (non-hydrogen) atoms. The number of hydrogen-bond donors (Lipinski definition) is 0. The van der Waals surface area contributed by atoms with E-state index in [2.05, 4.69) is 10.9 Å². The summed E-state index contributed by atoms with van der Waals surface area (Å²) in [4.78, 5) is 4.42. The Kier molecular flexibility index (Phi) is 2.20. The predicted octanol–water partition coefficient (Wildman–Crippen LogP) is 1.62.